The van der Waals surface area contributed by atoms with E-state index in [0.29, 0.717) is 23.0 Å². The topological polar surface area (TPSA) is 79.6 Å². The summed E-state index contributed by atoms with van der Waals surface area (Å²) in [5.74, 6) is -0.722. The van der Waals surface area contributed by atoms with Crippen LogP contribution in [0.3, 0.4) is 0 Å². The molecule has 1 N–H and O–H groups in total. The molecular weight excluding hydrogens is 337 g/mol. The lowest BCUT2D eigenvalue weighted by molar-refractivity contribution is -0.118. The van der Waals surface area contributed by atoms with Crippen LogP contribution in [0.1, 0.15) is 16.8 Å². The second-order valence-electron chi connectivity index (χ2n) is 5.23. The van der Waals surface area contributed by atoms with Crippen LogP contribution in [-0.2, 0) is 11.3 Å². The number of carbonyl (C=O) groups excluding carboxylic acids is 2. The fourth-order valence-corrected chi connectivity index (χ4v) is 2.52. The highest BCUT2D eigenvalue weighted by Gasteiger charge is 2.26. The van der Waals surface area contributed by atoms with Crippen LogP contribution in [0, 0.1) is 12.7 Å². The molecule has 1 aliphatic rings. The number of nitrogens with one attached hydrogen (secondary N) is 1. The van der Waals surface area contributed by atoms with Crippen LogP contribution in [0.2, 0.25) is 5.15 Å². The number of hydrogen-bond acceptors (Lipinski definition) is 4. The number of benzene rings is 1. The molecule has 1 aromatic carbocycles. The van der Waals surface area contributed by atoms with Gasteiger partial charge in [0.1, 0.15) is 17.5 Å². The van der Waals surface area contributed by atoms with Crippen LogP contribution in [0.25, 0.3) is 0 Å². The molecule has 124 valence electrons. The molecule has 2 heterocycles. The Morgan fingerprint density at radius 3 is 2.71 bits per heavy atom. The summed E-state index contributed by atoms with van der Waals surface area (Å²) in [6, 6.07) is 5.45. The van der Waals surface area contributed by atoms with Crippen molar-refractivity contribution in [3.63, 3.8) is 0 Å². The quantitative estimate of drug-likeness (QED) is 0.676. The molecule has 0 aliphatic carbocycles. The van der Waals surface area contributed by atoms with Gasteiger partial charge in [-0.05, 0) is 24.6 Å². The molecule has 1 aromatic heterocycles. The number of nitrogens with zero attached hydrogens (tertiary/aromatic N) is 4. The van der Waals surface area contributed by atoms with Crippen molar-refractivity contribution >= 4 is 29.8 Å². The van der Waals surface area contributed by atoms with Gasteiger partial charge in [0.2, 0.25) is 5.91 Å². The fourth-order valence-electron chi connectivity index (χ4n) is 2.23. The number of urea groups is 1. The third-order valence-electron chi connectivity index (χ3n) is 3.46. The molecule has 7 nitrogen and oxygen atoms in total. The predicted molar refractivity (Wildman–Crippen MR) is 85.3 cm³/mol. The SMILES string of the molecule is Cc1nn(Cc2ccc(F)cc2)c(Cl)c1C=NN1CC(=O)NC1=O. The minimum absolute atomic E-state index is 0.129. The first-order chi connectivity index (χ1) is 11.4. The molecule has 0 bridgehead atoms. The highest BCUT2D eigenvalue weighted by molar-refractivity contribution is 6.32. The number of halogens is 2. The zero-order valence-corrected chi connectivity index (χ0v) is 13.4. The van der Waals surface area contributed by atoms with Gasteiger partial charge in [-0.15, -0.1) is 0 Å². The van der Waals surface area contributed by atoms with Crippen LogP contribution in [0.5, 0.6) is 0 Å². The van der Waals surface area contributed by atoms with Gasteiger partial charge in [-0.2, -0.15) is 10.2 Å². The average molecular weight is 350 g/mol. The lowest BCUT2D eigenvalue weighted by atomic mass is 10.2. The van der Waals surface area contributed by atoms with Crippen LogP contribution in [0.15, 0.2) is 29.4 Å². The molecule has 24 heavy (non-hydrogen) atoms. The van der Waals surface area contributed by atoms with Gasteiger partial charge in [0.05, 0.1) is 24.0 Å². The van der Waals surface area contributed by atoms with Gasteiger partial charge in [0, 0.05) is 0 Å². The van der Waals surface area contributed by atoms with E-state index in [4.69, 9.17) is 11.6 Å². The van der Waals surface area contributed by atoms with Crippen LogP contribution in [-0.4, -0.2) is 39.5 Å². The molecule has 2 aromatic rings. The number of hydrazone groups is 1. The van der Waals surface area contributed by atoms with E-state index in [2.05, 4.69) is 15.5 Å². The number of rotatable bonds is 4. The number of hydrogen-bond donors (Lipinski definition) is 1. The molecule has 3 rings (SSSR count). The van der Waals surface area contributed by atoms with E-state index < -0.39 is 11.9 Å². The van der Waals surface area contributed by atoms with Crippen molar-refractivity contribution in [1.82, 2.24) is 20.1 Å². The molecule has 1 fully saturated rings. The van der Waals surface area contributed by atoms with Crippen molar-refractivity contribution in [2.45, 2.75) is 13.5 Å². The lowest BCUT2D eigenvalue weighted by Gasteiger charge is -2.05. The maximum atomic E-state index is 13.0. The molecule has 0 spiro atoms. The van der Waals surface area contributed by atoms with Crippen LogP contribution < -0.4 is 5.32 Å². The third-order valence-corrected chi connectivity index (χ3v) is 3.85. The molecule has 0 unspecified atom stereocenters. The number of imide groups is 1. The van der Waals surface area contributed by atoms with Crippen molar-refractivity contribution in [2.75, 3.05) is 6.54 Å². The summed E-state index contributed by atoms with van der Waals surface area (Å²) in [5.41, 5.74) is 2.01. The summed E-state index contributed by atoms with van der Waals surface area (Å²) in [6.07, 6.45) is 1.39. The second-order valence-corrected chi connectivity index (χ2v) is 5.59. The summed E-state index contributed by atoms with van der Waals surface area (Å²) >= 11 is 6.31. The highest BCUT2D eigenvalue weighted by atomic mass is 35.5. The minimum Gasteiger partial charge on any atom is -0.275 e. The Hall–Kier alpha value is -2.74. The summed E-state index contributed by atoms with van der Waals surface area (Å²) in [4.78, 5) is 22.6. The summed E-state index contributed by atoms with van der Waals surface area (Å²) in [6.45, 7) is 2.00. The zero-order valence-electron chi connectivity index (χ0n) is 12.7. The van der Waals surface area contributed by atoms with E-state index >= 15 is 0 Å². The zero-order chi connectivity index (χ0) is 17.3. The molecule has 9 heteroatoms. The normalized spacial score (nSPS) is 14.7. The summed E-state index contributed by atoms with van der Waals surface area (Å²) < 4.78 is 14.5. The van der Waals surface area contributed by atoms with E-state index in [1.807, 2.05) is 0 Å². The first-order valence-electron chi connectivity index (χ1n) is 7.06. The number of aromatic nitrogens is 2. The highest BCUT2D eigenvalue weighted by Crippen LogP contribution is 2.19. The van der Waals surface area contributed by atoms with Crippen molar-refractivity contribution < 1.29 is 14.0 Å². The van der Waals surface area contributed by atoms with Gasteiger partial charge >= 0.3 is 6.03 Å². The van der Waals surface area contributed by atoms with Gasteiger partial charge in [-0.1, -0.05) is 23.7 Å². The molecule has 0 atom stereocenters. The maximum Gasteiger partial charge on any atom is 0.344 e. The lowest BCUT2D eigenvalue weighted by Crippen LogP contribution is -2.24. The van der Waals surface area contributed by atoms with Gasteiger partial charge in [0.25, 0.3) is 0 Å². The Bertz CT molecular complexity index is 831. The van der Waals surface area contributed by atoms with Crippen LogP contribution in [0.4, 0.5) is 9.18 Å². The average Bonchev–Trinajstić information content (AvgIpc) is 2.99. The van der Waals surface area contributed by atoms with E-state index in [1.165, 1.54) is 18.3 Å². The molecule has 1 aliphatic heterocycles. The Morgan fingerprint density at radius 2 is 2.08 bits per heavy atom. The molecule has 0 radical (unpaired) electrons. The maximum absolute atomic E-state index is 13.0. The first-order valence-corrected chi connectivity index (χ1v) is 7.44. The van der Waals surface area contributed by atoms with Gasteiger partial charge < -0.3 is 0 Å². The molecule has 0 saturated carbocycles. The van der Waals surface area contributed by atoms with Crippen molar-refractivity contribution in [3.05, 3.63) is 52.1 Å². The molecule has 1 saturated heterocycles. The van der Waals surface area contributed by atoms with Crippen molar-refractivity contribution in [1.29, 1.82) is 0 Å². The number of aryl methyl sites for hydroxylation is 1. The van der Waals surface area contributed by atoms with Crippen LogP contribution >= 0.6 is 11.6 Å². The monoisotopic (exact) mass is 349 g/mol. The predicted octanol–water partition coefficient (Wildman–Crippen LogP) is 1.92. The Balaban J connectivity index is 1.80. The molecule has 3 amide bonds. The third kappa shape index (κ3) is 3.28. The molecular formula is C15H13ClFN5O2. The van der Waals surface area contributed by atoms with Gasteiger partial charge in [-0.3, -0.25) is 10.1 Å². The van der Waals surface area contributed by atoms with E-state index in [9.17, 15) is 14.0 Å². The van der Waals surface area contributed by atoms with E-state index in [1.54, 1.807) is 23.7 Å². The van der Waals surface area contributed by atoms with Crippen molar-refractivity contribution in [2.24, 2.45) is 5.10 Å². The Morgan fingerprint density at radius 1 is 1.38 bits per heavy atom. The fraction of sp³-hybridized carbons (Fsp3) is 0.200. The Labute approximate surface area is 141 Å². The number of amides is 3. The smallest absolute Gasteiger partial charge is 0.275 e. The largest absolute Gasteiger partial charge is 0.344 e. The van der Waals surface area contributed by atoms with E-state index in [-0.39, 0.29) is 12.4 Å². The second kappa shape index (κ2) is 6.40. The first kappa shape index (κ1) is 16.1. The van der Waals surface area contributed by atoms with E-state index in [0.717, 1.165) is 10.6 Å². The van der Waals surface area contributed by atoms with Gasteiger partial charge in [-0.25, -0.2) is 18.9 Å². The van der Waals surface area contributed by atoms with Crippen molar-refractivity contribution in [3.8, 4) is 0 Å². The summed E-state index contributed by atoms with van der Waals surface area (Å²) in [5, 5.41) is 11.8. The standard InChI is InChI=1S/C15H13ClFN5O2/c1-9-12(6-18-22-8-13(23)19-15(22)24)14(16)21(20-9)7-10-2-4-11(17)5-3-10/h2-6H,7-8H2,1H3,(H,19,23,24). The van der Waals surface area contributed by atoms with Gasteiger partial charge in [0.15, 0.2) is 0 Å². The summed E-state index contributed by atoms with van der Waals surface area (Å²) in [7, 11) is 0. The Kier molecular flexibility index (Phi) is 4.30. The number of carbonyl (C=O) groups is 2. The minimum atomic E-state index is -0.580.